The van der Waals surface area contributed by atoms with Gasteiger partial charge in [-0.15, -0.1) is 17.8 Å². The molecule has 182 valence electrons. The van der Waals surface area contributed by atoms with Crippen molar-refractivity contribution in [2.24, 2.45) is 0 Å². The Labute approximate surface area is 205 Å². The molecule has 0 atom stereocenters. The Morgan fingerprint density at radius 2 is 1.94 bits per heavy atom. The summed E-state index contributed by atoms with van der Waals surface area (Å²) in [5.74, 6) is 0.414. The number of nitrogens with one attached hydrogen (secondary N) is 1. The molecule has 0 bridgehead atoms. The second-order valence-electron chi connectivity index (χ2n) is 7.21. The summed E-state index contributed by atoms with van der Waals surface area (Å²) in [6.07, 6.45) is 7.65. The number of benzene rings is 2. The molecule has 0 spiro atoms. The molecule has 11 nitrogen and oxygen atoms in total. The first-order chi connectivity index (χ1) is 16.3. The second kappa shape index (κ2) is 10.2. The largest absolute Gasteiger partial charge is 0.382 e. The van der Waals surface area contributed by atoms with E-state index in [0.717, 1.165) is 23.7 Å². The Bertz CT molecular complexity index is 1550. The Kier molecular flexibility index (Phi) is 7.54. The molecule has 3 rings (SSSR count). The van der Waals surface area contributed by atoms with Crippen LogP contribution in [0, 0.1) is 22.5 Å². The van der Waals surface area contributed by atoms with E-state index in [9.17, 15) is 31.7 Å². The second-order valence-corrected chi connectivity index (χ2v) is 12.0. The van der Waals surface area contributed by atoms with E-state index < -0.39 is 42.2 Å². The van der Waals surface area contributed by atoms with Crippen molar-refractivity contribution in [1.82, 2.24) is 4.98 Å². The molecule has 0 fully saturated rings. The average Bonchev–Trinajstić information content (AvgIpc) is 3.18. The fraction of sp³-hybridized carbons (Fsp3) is 0.143. The van der Waals surface area contributed by atoms with Crippen LogP contribution in [-0.2, 0) is 31.5 Å². The summed E-state index contributed by atoms with van der Waals surface area (Å²) in [7, 11) is -7.60. The zero-order valence-corrected chi connectivity index (χ0v) is 20.4. The van der Waals surface area contributed by atoms with Gasteiger partial charge in [0, 0.05) is 40.1 Å². The average molecular weight is 536 g/mol. The number of sulfone groups is 1. The standard InChI is InChI=1S/C21H17N3O8S3/c1-3-14-7-8-16(19(9-14)24(26)27)12-35(30,31)32-17-6-4-5-15(10-17)20(25)23-21-22-11-18(33-21)13-34(2,28)29/h1,4-11H,12-13H2,2H3,(H,22,23,25). The number of aromatic nitrogens is 1. The van der Waals surface area contributed by atoms with Gasteiger partial charge < -0.3 is 4.18 Å². The number of hydrogen-bond acceptors (Lipinski definition) is 10. The fourth-order valence-corrected chi connectivity index (χ4v) is 6.01. The molecule has 1 N–H and O–H groups in total. The van der Waals surface area contributed by atoms with E-state index in [0.29, 0.717) is 4.88 Å². The molecular formula is C21H17N3O8S3. The Balaban J connectivity index is 1.74. The third-order valence-electron chi connectivity index (χ3n) is 4.28. The molecule has 0 saturated heterocycles. The van der Waals surface area contributed by atoms with Crippen LogP contribution in [0.3, 0.4) is 0 Å². The summed E-state index contributed by atoms with van der Waals surface area (Å²) in [6.45, 7) is 0. The zero-order chi connectivity index (χ0) is 25.8. The molecule has 3 aromatic rings. The lowest BCUT2D eigenvalue weighted by molar-refractivity contribution is -0.385. The highest BCUT2D eigenvalue weighted by atomic mass is 32.2. The van der Waals surface area contributed by atoms with E-state index in [-0.39, 0.29) is 33.3 Å². The number of terminal acetylenes is 1. The predicted molar refractivity (Wildman–Crippen MR) is 129 cm³/mol. The summed E-state index contributed by atoms with van der Waals surface area (Å²) in [6, 6.07) is 8.98. The number of hydrogen-bond donors (Lipinski definition) is 1. The summed E-state index contributed by atoms with van der Waals surface area (Å²) >= 11 is 0.988. The van der Waals surface area contributed by atoms with Crippen LogP contribution in [0.15, 0.2) is 48.7 Å². The van der Waals surface area contributed by atoms with Crippen LogP contribution in [0.2, 0.25) is 0 Å². The van der Waals surface area contributed by atoms with Crippen LogP contribution in [0.1, 0.15) is 26.4 Å². The SMILES string of the molecule is C#Cc1ccc(CS(=O)(=O)Oc2cccc(C(=O)Nc3ncc(CS(C)(=O)=O)s3)c2)c([N+](=O)[O-])c1. The Morgan fingerprint density at radius 3 is 2.60 bits per heavy atom. The molecule has 2 aromatic carbocycles. The zero-order valence-electron chi connectivity index (χ0n) is 18.0. The van der Waals surface area contributed by atoms with E-state index in [1.165, 1.54) is 42.6 Å². The first-order valence-corrected chi connectivity index (χ1v) is 14.0. The molecule has 14 heteroatoms. The van der Waals surface area contributed by atoms with E-state index in [1.54, 1.807) is 0 Å². The topological polar surface area (TPSA) is 163 Å². The number of anilines is 1. The summed E-state index contributed by atoms with van der Waals surface area (Å²) in [4.78, 5) is 27.5. The molecule has 0 aliphatic rings. The fourth-order valence-electron chi connectivity index (χ4n) is 2.86. The highest BCUT2D eigenvalue weighted by Crippen LogP contribution is 2.25. The molecule has 1 aromatic heterocycles. The molecule has 1 amide bonds. The van der Waals surface area contributed by atoms with Crippen molar-refractivity contribution >= 4 is 48.0 Å². The first-order valence-electron chi connectivity index (χ1n) is 9.55. The lowest BCUT2D eigenvalue weighted by Gasteiger charge is -2.09. The van der Waals surface area contributed by atoms with Gasteiger partial charge in [-0.1, -0.05) is 12.0 Å². The molecule has 35 heavy (non-hydrogen) atoms. The molecule has 0 aliphatic heterocycles. The van der Waals surface area contributed by atoms with Crippen molar-refractivity contribution in [2.75, 3.05) is 11.6 Å². The number of thiazole rings is 1. The van der Waals surface area contributed by atoms with Crippen molar-refractivity contribution in [2.45, 2.75) is 11.5 Å². The molecule has 0 radical (unpaired) electrons. The molecular weight excluding hydrogens is 518 g/mol. The van der Waals surface area contributed by atoms with Crippen molar-refractivity contribution in [1.29, 1.82) is 0 Å². The van der Waals surface area contributed by atoms with Gasteiger partial charge in [0.15, 0.2) is 15.0 Å². The van der Waals surface area contributed by atoms with Gasteiger partial charge in [0.25, 0.3) is 11.6 Å². The minimum atomic E-state index is -4.33. The number of nitro groups is 1. The Morgan fingerprint density at radius 1 is 1.20 bits per heavy atom. The molecule has 0 aliphatic carbocycles. The number of carbonyl (C=O) groups excluding carboxylic acids is 1. The number of nitro benzene ring substituents is 1. The van der Waals surface area contributed by atoms with Gasteiger partial charge in [-0.2, -0.15) is 8.42 Å². The number of rotatable bonds is 9. The van der Waals surface area contributed by atoms with E-state index in [2.05, 4.69) is 16.2 Å². The van der Waals surface area contributed by atoms with Gasteiger partial charge in [0.1, 0.15) is 11.5 Å². The normalized spacial score (nSPS) is 11.4. The summed E-state index contributed by atoms with van der Waals surface area (Å²) in [5, 5.41) is 14.0. The minimum Gasteiger partial charge on any atom is -0.382 e. The maximum Gasteiger partial charge on any atom is 0.313 e. The monoisotopic (exact) mass is 535 g/mol. The maximum atomic E-state index is 12.5. The maximum absolute atomic E-state index is 12.5. The van der Waals surface area contributed by atoms with Gasteiger partial charge in [-0.3, -0.25) is 20.2 Å². The van der Waals surface area contributed by atoms with Crippen LogP contribution in [0.4, 0.5) is 10.8 Å². The van der Waals surface area contributed by atoms with E-state index >= 15 is 0 Å². The van der Waals surface area contributed by atoms with Crippen LogP contribution in [0.5, 0.6) is 5.75 Å². The Hall–Kier alpha value is -3.80. The van der Waals surface area contributed by atoms with E-state index in [1.807, 2.05) is 0 Å². The van der Waals surface area contributed by atoms with Gasteiger partial charge in [-0.25, -0.2) is 13.4 Å². The quantitative estimate of drug-likeness (QED) is 0.188. The van der Waals surface area contributed by atoms with Crippen molar-refractivity contribution in [3.05, 3.63) is 80.3 Å². The van der Waals surface area contributed by atoms with Crippen LogP contribution < -0.4 is 9.50 Å². The van der Waals surface area contributed by atoms with Gasteiger partial charge in [0.2, 0.25) is 0 Å². The number of carbonyl (C=O) groups is 1. The van der Waals surface area contributed by atoms with Crippen molar-refractivity contribution in [3.63, 3.8) is 0 Å². The van der Waals surface area contributed by atoms with E-state index in [4.69, 9.17) is 10.6 Å². The minimum absolute atomic E-state index is 0.0434. The molecule has 0 saturated carbocycles. The van der Waals surface area contributed by atoms with Crippen LogP contribution in [0.25, 0.3) is 0 Å². The van der Waals surface area contributed by atoms with Gasteiger partial charge >= 0.3 is 10.1 Å². The smallest absolute Gasteiger partial charge is 0.313 e. The third-order valence-corrected chi connectivity index (χ3v) is 7.32. The highest BCUT2D eigenvalue weighted by molar-refractivity contribution is 7.90. The van der Waals surface area contributed by atoms with Crippen molar-refractivity contribution < 1.29 is 30.7 Å². The molecule has 1 heterocycles. The van der Waals surface area contributed by atoms with Crippen LogP contribution >= 0.6 is 11.3 Å². The predicted octanol–water partition coefficient (Wildman–Crippen LogP) is 2.74. The first kappa shape index (κ1) is 25.8. The van der Waals surface area contributed by atoms with Gasteiger partial charge in [0.05, 0.1) is 10.7 Å². The molecule has 0 unspecified atom stereocenters. The summed E-state index contributed by atoms with van der Waals surface area (Å²) < 4.78 is 52.9. The van der Waals surface area contributed by atoms with Crippen LogP contribution in [-0.4, -0.2) is 38.9 Å². The summed E-state index contributed by atoms with van der Waals surface area (Å²) in [5.41, 5.74) is -0.306. The lowest BCUT2D eigenvalue weighted by Crippen LogP contribution is -2.15. The number of nitrogens with zero attached hydrogens (tertiary/aromatic N) is 2. The van der Waals surface area contributed by atoms with Crippen molar-refractivity contribution in [3.8, 4) is 18.1 Å². The third kappa shape index (κ3) is 7.34. The lowest BCUT2D eigenvalue weighted by atomic mass is 10.1. The van der Waals surface area contributed by atoms with Gasteiger partial charge in [-0.05, 0) is 30.3 Å². The highest BCUT2D eigenvalue weighted by Gasteiger charge is 2.23. The number of amides is 1.